The number of aryl methyl sites for hydroxylation is 2. The van der Waals surface area contributed by atoms with Crippen LogP contribution in [0, 0.1) is 25.5 Å². The lowest BCUT2D eigenvalue weighted by molar-refractivity contribution is -0.132. The van der Waals surface area contributed by atoms with E-state index in [-0.39, 0.29) is 17.0 Å². The monoisotopic (exact) mass is 439 g/mol. The van der Waals surface area contributed by atoms with Crippen LogP contribution in [0.15, 0.2) is 58.5 Å². The van der Waals surface area contributed by atoms with Crippen molar-refractivity contribution in [3.05, 3.63) is 88.4 Å². The Bertz CT molecular complexity index is 1280. The van der Waals surface area contributed by atoms with E-state index in [0.29, 0.717) is 28.7 Å². The highest BCUT2D eigenvalue weighted by atomic mass is 19.1. The molecule has 32 heavy (non-hydrogen) atoms. The van der Waals surface area contributed by atoms with Crippen LogP contribution in [0.5, 0.6) is 5.75 Å². The molecule has 164 valence electrons. The van der Waals surface area contributed by atoms with Gasteiger partial charge in [-0.2, -0.15) is 0 Å². The Labute approximate surface area is 182 Å². The van der Waals surface area contributed by atoms with Crippen molar-refractivity contribution < 1.29 is 32.6 Å². The zero-order valence-corrected chi connectivity index (χ0v) is 17.5. The summed E-state index contributed by atoms with van der Waals surface area (Å²) in [4.78, 5) is 26.9. The first kappa shape index (κ1) is 21.3. The number of amides is 1. The highest BCUT2D eigenvalue weighted by Gasteiger charge is 2.49. The summed E-state index contributed by atoms with van der Waals surface area (Å²) in [5.41, 5.74) is 0.325. The van der Waals surface area contributed by atoms with Crippen LogP contribution < -0.4 is 9.64 Å². The number of anilines is 1. The van der Waals surface area contributed by atoms with Crippen molar-refractivity contribution in [2.45, 2.75) is 19.9 Å². The second kappa shape index (κ2) is 7.96. The largest absolute Gasteiger partial charge is 0.507 e. The number of hydrogen-bond donors (Lipinski definition) is 1. The molecule has 0 saturated carbocycles. The number of furan rings is 1. The highest BCUT2D eigenvalue weighted by molar-refractivity contribution is 6.51. The summed E-state index contributed by atoms with van der Waals surface area (Å²) in [6.07, 6.45) is 0. The van der Waals surface area contributed by atoms with E-state index in [1.165, 1.54) is 13.2 Å². The zero-order chi connectivity index (χ0) is 23.2. The minimum absolute atomic E-state index is 0.151. The normalized spacial score (nSPS) is 17.8. The van der Waals surface area contributed by atoms with Gasteiger partial charge in [-0.15, -0.1) is 0 Å². The molecular weight excluding hydrogens is 420 g/mol. The van der Waals surface area contributed by atoms with Gasteiger partial charge in [0.1, 0.15) is 40.7 Å². The summed E-state index contributed by atoms with van der Waals surface area (Å²) in [6.45, 7) is 3.38. The molecule has 1 unspecified atom stereocenters. The number of nitrogens with zero attached hydrogens (tertiary/aromatic N) is 1. The second-order valence-corrected chi connectivity index (χ2v) is 7.39. The third kappa shape index (κ3) is 3.43. The van der Waals surface area contributed by atoms with E-state index >= 15 is 0 Å². The summed E-state index contributed by atoms with van der Waals surface area (Å²) in [6, 6.07) is 9.40. The van der Waals surface area contributed by atoms with Crippen LogP contribution in [0.25, 0.3) is 5.76 Å². The van der Waals surface area contributed by atoms with Gasteiger partial charge in [-0.3, -0.25) is 14.5 Å². The quantitative estimate of drug-likeness (QED) is 0.359. The van der Waals surface area contributed by atoms with E-state index in [1.54, 1.807) is 38.1 Å². The Morgan fingerprint density at radius 3 is 2.41 bits per heavy atom. The molecule has 0 aliphatic carbocycles. The number of halogens is 2. The number of hydrogen-bond acceptors (Lipinski definition) is 5. The van der Waals surface area contributed by atoms with E-state index in [2.05, 4.69) is 0 Å². The maximum Gasteiger partial charge on any atom is 0.300 e. The standard InChI is InChI=1S/C24H19F2NO5/c1-12-10-15(31-3)6-7-16(12)22(28)20-21(19-9-4-13(2)32-19)27(24(30)23(20)29)18-8-5-14(25)11-17(18)26/h4-11,21,28H,1-3H3/b22-20-. The minimum Gasteiger partial charge on any atom is -0.507 e. The van der Waals surface area contributed by atoms with Gasteiger partial charge in [-0.1, -0.05) is 0 Å². The van der Waals surface area contributed by atoms with Crippen molar-refractivity contribution in [2.75, 3.05) is 12.0 Å². The second-order valence-electron chi connectivity index (χ2n) is 7.39. The molecule has 8 heteroatoms. The molecule has 1 atom stereocenters. The molecule has 1 N–H and O–H groups in total. The summed E-state index contributed by atoms with van der Waals surface area (Å²) >= 11 is 0. The van der Waals surface area contributed by atoms with Gasteiger partial charge < -0.3 is 14.3 Å². The summed E-state index contributed by atoms with van der Waals surface area (Å²) < 4.78 is 38.9. The Kier molecular flexibility index (Phi) is 5.30. The van der Waals surface area contributed by atoms with E-state index in [9.17, 15) is 23.5 Å². The van der Waals surface area contributed by atoms with Crippen LogP contribution in [0.4, 0.5) is 14.5 Å². The van der Waals surface area contributed by atoms with Crippen LogP contribution in [0.1, 0.15) is 28.7 Å². The maximum atomic E-state index is 14.6. The maximum absolute atomic E-state index is 14.6. The molecule has 0 radical (unpaired) electrons. The predicted molar refractivity (Wildman–Crippen MR) is 112 cm³/mol. The molecule has 6 nitrogen and oxygen atoms in total. The van der Waals surface area contributed by atoms with E-state index in [4.69, 9.17) is 9.15 Å². The van der Waals surface area contributed by atoms with E-state index in [1.807, 2.05) is 0 Å². The molecule has 1 aliphatic heterocycles. The van der Waals surface area contributed by atoms with Crippen LogP contribution in [-0.4, -0.2) is 23.9 Å². The minimum atomic E-state index is -1.25. The Morgan fingerprint density at radius 2 is 1.81 bits per heavy atom. The number of carbonyl (C=O) groups is 2. The molecular formula is C24H19F2NO5. The lowest BCUT2D eigenvalue weighted by atomic mass is 9.96. The average Bonchev–Trinajstić information content (AvgIpc) is 3.29. The first-order valence-corrected chi connectivity index (χ1v) is 9.70. The van der Waals surface area contributed by atoms with Gasteiger partial charge in [0.25, 0.3) is 11.7 Å². The number of aliphatic hydroxyl groups excluding tert-OH is 1. The van der Waals surface area contributed by atoms with Gasteiger partial charge in [-0.05, 0) is 61.9 Å². The summed E-state index contributed by atoms with van der Waals surface area (Å²) in [5, 5.41) is 11.1. The number of ketones is 1. The number of benzene rings is 2. The van der Waals surface area contributed by atoms with E-state index < -0.39 is 35.1 Å². The van der Waals surface area contributed by atoms with Crippen LogP contribution in [-0.2, 0) is 9.59 Å². The predicted octanol–water partition coefficient (Wildman–Crippen LogP) is 4.81. The van der Waals surface area contributed by atoms with Gasteiger partial charge >= 0.3 is 0 Å². The molecule has 0 spiro atoms. The molecule has 1 fully saturated rings. The van der Waals surface area contributed by atoms with Crippen molar-refractivity contribution >= 4 is 23.1 Å². The number of rotatable bonds is 4. The molecule has 1 amide bonds. The fraction of sp³-hybridized carbons (Fsp3) is 0.167. The first-order chi connectivity index (χ1) is 15.2. The van der Waals surface area contributed by atoms with Crippen molar-refractivity contribution in [2.24, 2.45) is 0 Å². The molecule has 0 bridgehead atoms. The third-order valence-electron chi connectivity index (χ3n) is 5.33. The average molecular weight is 439 g/mol. The molecule has 1 saturated heterocycles. The topological polar surface area (TPSA) is 80.0 Å². The Balaban J connectivity index is 1.96. The van der Waals surface area contributed by atoms with Crippen LogP contribution in [0.2, 0.25) is 0 Å². The van der Waals surface area contributed by atoms with Crippen molar-refractivity contribution in [3.63, 3.8) is 0 Å². The van der Waals surface area contributed by atoms with Gasteiger partial charge in [0.2, 0.25) is 0 Å². The van der Waals surface area contributed by atoms with Crippen LogP contribution in [0.3, 0.4) is 0 Å². The first-order valence-electron chi connectivity index (χ1n) is 9.70. The lowest BCUT2D eigenvalue weighted by Gasteiger charge is -2.24. The fourth-order valence-corrected chi connectivity index (χ4v) is 3.80. The lowest BCUT2D eigenvalue weighted by Crippen LogP contribution is -2.30. The molecule has 2 aromatic carbocycles. The summed E-state index contributed by atoms with van der Waals surface area (Å²) in [7, 11) is 1.50. The number of Topliss-reactive ketones (excluding diaryl/α,β-unsaturated/α-hetero) is 1. The van der Waals surface area contributed by atoms with Gasteiger partial charge in [0, 0.05) is 11.6 Å². The van der Waals surface area contributed by atoms with Gasteiger partial charge in [-0.25, -0.2) is 8.78 Å². The molecule has 1 aromatic heterocycles. The highest BCUT2D eigenvalue weighted by Crippen LogP contribution is 2.43. The van der Waals surface area contributed by atoms with Gasteiger partial charge in [0.05, 0.1) is 18.4 Å². The number of aliphatic hydroxyl groups is 1. The van der Waals surface area contributed by atoms with Crippen molar-refractivity contribution in [3.8, 4) is 5.75 Å². The number of carbonyl (C=O) groups excluding carboxylic acids is 2. The number of ether oxygens (including phenoxy) is 1. The summed E-state index contributed by atoms with van der Waals surface area (Å²) in [5.74, 6) is -3.19. The third-order valence-corrected chi connectivity index (χ3v) is 5.33. The Morgan fingerprint density at radius 1 is 1.06 bits per heavy atom. The number of methoxy groups -OCH3 is 1. The fourth-order valence-electron chi connectivity index (χ4n) is 3.80. The van der Waals surface area contributed by atoms with Crippen molar-refractivity contribution in [1.82, 2.24) is 0 Å². The Hall–Kier alpha value is -3.94. The van der Waals surface area contributed by atoms with Crippen LogP contribution >= 0.6 is 0 Å². The molecule has 3 aromatic rings. The molecule has 2 heterocycles. The SMILES string of the molecule is COc1ccc(/C(O)=C2/C(=O)C(=O)N(c3ccc(F)cc3F)C2c2ccc(C)o2)c(C)c1. The van der Waals surface area contributed by atoms with Crippen molar-refractivity contribution in [1.29, 1.82) is 0 Å². The molecule has 4 rings (SSSR count). The van der Waals surface area contributed by atoms with Gasteiger partial charge in [0.15, 0.2) is 0 Å². The smallest absolute Gasteiger partial charge is 0.300 e. The molecule has 1 aliphatic rings. The van der Waals surface area contributed by atoms with E-state index in [0.717, 1.165) is 17.0 Å². The zero-order valence-electron chi connectivity index (χ0n) is 17.5.